The molecule has 0 aliphatic carbocycles. The molecule has 0 unspecified atom stereocenters. The van der Waals surface area contributed by atoms with Gasteiger partial charge in [-0.1, -0.05) is 35.6 Å². The normalized spacial score (nSPS) is 16.2. The summed E-state index contributed by atoms with van der Waals surface area (Å²) < 4.78 is 5.20. The molecule has 1 aliphatic heterocycles. The van der Waals surface area contributed by atoms with E-state index in [4.69, 9.17) is 28.6 Å². The van der Waals surface area contributed by atoms with Gasteiger partial charge in [-0.15, -0.1) is 11.8 Å². The maximum absolute atomic E-state index is 9.75. The summed E-state index contributed by atoms with van der Waals surface area (Å²) in [6.45, 7) is 4.21. The van der Waals surface area contributed by atoms with Crippen molar-refractivity contribution in [3.8, 4) is 17.6 Å². The molecule has 0 spiro atoms. The Labute approximate surface area is 186 Å². The Morgan fingerprint density at radius 3 is 2.66 bits per heavy atom. The zero-order valence-corrected chi connectivity index (χ0v) is 18.9. The van der Waals surface area contributed by atoms with Crippen LogP contribution in [0.5, 0.6) is 5.75 Å². The second-order valence-electron chi connectivity index (χ2n) is 7.13. The van der Waals surface area contributed by atoms with Crippen LogP contribution in [0, 0.1) is 11.8 Å². The van der Waals surface area contributed by atoms with E-state index in [0.717, 1.165) is 23.5 Å². The predicted molar refractivity (Wildman–Crippen MR) is 126 cm³/mol. The van der Waals surface area contributed by atoms with Crippen molar-refractivity contribution in [3.63, 3.8) is 0 Å². The summed E-state index contributed by atoms with van der Waals surface area (Å²) in [4.78, 5) is 2.18. The molecular formula is C22H23ClN2O2S2. The van der Waals surface area contributed by atoms with E-state index in [0.29, 0.717) is 15.9 Å². The molecule has 1 heterocycles. The Bertz CT molecular complexity index is 946. The van der Waals surface area contributed by atoms with Crippen molar-refractivity contribution in [3.05, 3.63) is 58.6 Å². The molecule has 152 valence electrons. The number of methoxy groups -OCH3 is 1. The summed E-state index contributed by atoms with van der Waals surface area (Å²) >= 11 is 13.7. The van der Waals surface area contributed by atoms with Crippen LogP contribution in [-0.4, -0.2) is 40.1 Å². The fraction of sp³-hybridized carbons (Fsp3) is 0.318. The van der Waals surface area contributed by atoms with Gasteiger partial charge in [0.2, 0.25) is 0 Å². The summed E-state index contributed by atoms with van der Waals surface area (Å²) in [5.74, 6) is 7.46. The SMILES string of the molecule is COc1ccc(NC(=S)N2CCS[C@@H]2c2ccc(C#CC(C)(C)O)cc2)cc1Cl. The lowest BCUT2D eigenvalue weighted by atomic mass is 10.1. The average Bonchev–Trinajstić information content (AvgIpc) is 3.16. The molecule has 0 bridgehead atoms. The van der Waals surface area contributed by atoms with E-state index < -0.39 is 5.60 Å². The van der Waals surface area contributed by atoms with Gasteiger partial charge in [-0.05, 0) is 62.0 Å². The van der Waals surface area contributed by atoms with E-state index >= 15 is 0 Å². The number of thioether (sulfide) groups is 1. The van der Waals surface area contributed by atoms with Gasteiger partial charge in [-0.3, -0.25) is 0 Å². The van der Waals surface area contributed by atoms with E-state index in [1.54, 1.807) is 27.0 Å². The van der Waals surface area contributed by atoms with Crippen LogP contribution in [0.4, 0.5) is 5.69 Å². The largest absolute Gasteiger partial charge is 0.495 e. The van der Waals surface area contributed by atoms with Crippen molar-refractivity contribution in [1.82, 2.24) is 4.90 Å². The van der Waals surface area contributed by atoms with Gasteiger partial charge in [-0.2, -0.15) is 0 Å². The fourth-order valence-electron chi connectivity index (χ4n) is 2.85. The lowest BCUT2D eigenvalue weighted by Crippen LogP contribution is -2.34. The zero-order valence-electron chi connectivity index (χ0n) is 16.5. The monoisotopic (exact) mass is 446 g/mol. The molecule has 1 atom stereocenters. The van der Waals surface area contributed by atoms with Crippen LogP contribution >= 0.6 is 35.6 Å². The van der Waals surface area contributed by atoms with E-state index in [-0.39, 0.29) is 5.37 Å². The summed E-state index contributed by atoms with van der Waals surface area (Å²) in [6, 6.07) is 13.6. The number of ether oxygens (including phenoxy) is 1. The van der Waals surface area contributed by atoms with Gasteiger partial charge in [0.05, 0.1) is 12.1 Å². The second-order valence-corrected chi connectivity index (χ2v) is 9.11. The number of halogens is 1. The molecule has 2 N–H and O–H groups in total. The third-order valence-corrected chi connectivity index (χ3v) is 6.16. The molecule has 0 radical (unpaired) electrons. The summed E-state index contributed by atoms with van der Waals surface area (Å²) in [6.07, 6.45) is 0. The van der Waals surface area contributed by atoms with Crippen LogP contribution in [0.25, 0.3) is 0 Å². The first-order valence-corrected chi connectivity index (χ1v) is 11.0. The minimum absolute atomic E-state index is 0.139. The summed E-state index contributed by atoms with van der Waals surface area (Å²) in [7, 11) is 1.59. The Hall–Kier alpha value is -1.91. The zero-order chi connectivity index (χ0) is 21.0. The topological polar surface area (TPSA) is 44.7 Å². The number of rotatable bonds is 3. The van der Waals surface area contributed by atoms with E-state index in [1.165, 1.54) is 5.56 Å². The number of hydrogen-bond acceptors (Lipinski definition) is 4. The van der Waals surface area contributed by atoms with Crippen molar-refractivity contribution < 1.29 is 9.84 Å². The third-order valence-electron chi connectivity index (χ3n) is 4.26. The highest BCUT2D eigenvalue weighted by atomic mass is 35.5. The van der Waals surface area contributed by atoms with Crippen molar-refractivity contribution in [2.24, 2.45) is 0 Å². The van der Waals surface area contributed by atoms with Gasteiger partial charge < -0.3 is 20.1 Å². The minimum Gasteiger partial charge on any atom is -0.495 e. The first-order chi connectivity index (χ1) is 13.8. The van der Waals surface area contributed by atoms with E-state index in [1.807, 2.05) is 36.0 Å². The first kappa shape index (κ1) is 21.8. The number of benzene rings is 2. The van der Waals surface area contributed by atoms with Crippen molar-refractivity contribution >= 4 is 46.4 Å². The van der Waals surface area contributed by atoms with Gasteiger partial charge >= 0.3 is 0 Å². The molecule has 29 heavy (non-hydrogen) atoms. The van der Waals surface area contributed by atoms with Gasteiger partial charge in [0.25, 0.3) is 0 Å². The quantitative estimate of drug-likeness (QED) is 0.515. The molecule has 2 aromatic carbocycles. The molecule has 3 rings (SSSR count). The Morgan fingerprint density at radius 2 is 2.03 bits per heavy atom. The molecule has 0 aromatic heterocycles. The number of nitrogens with one attached hydrogen (secondary N) is 1. The molecule has 4 nitrogen and oxygen atoms in total. The standard InChI is InChI=1S/C22H23ClN2O2S2/c1-22(2,26)11-10-15-4-6-16(7-5-15)20-25(12-13-29-20)21(28)24-17-8-9-19(27-3)18(23)14-17/h4-9,14,20,26H,12-13H2,1-3H3,(H,24,28)/t20-/m1/s1. The van der Waals surface area contributed by atoms with Gasteiger partial charge in [0, 0.05) is 23.5 Å². The van der Waals surface area contributed by atoms with Gasteiger partial charge in [-0.25, -0.2) is 0 Å². The number of thiocarbonyl (C=S) groups is 1. The van der Waals surface area contributed by atoms with Crippen LogP contribution in [0.15, 0.2) is 42.5 Å². The van der Waals surface area contributed by atoms with Gasteiger partial charge in [0.15, 0.2) is 5.11 Å². The van der Waals surface area contributed by atoms with Crippen molar-refractivity contribution in [2.45, 2.75) is 24.8 Å². The van der Waals surface area contributed by atoms with Crippen LogP contribution in [0.1, 0.15) is 30.3 Å². The average molecular weight is 447 g/mol. The fourth-order valence-corrected chi connectivity index (χ4v) is 4.75. The van der Waals surface area contributed by atoms with Crippen LogP contribution in [0.2, 0.25) is 5.02 Å². The Kier molecular flexibility index (Phi) is 6.97. The highest BCUT2D eigenvalue weighted by molar-refractivity contribution is 7.99. The second kappa shape index (κ2) is 9.27. The minimum atomic E-state index is -1.00. The smallest absolute Gasteiger partial charge is 0.174 e. The maximum Gasteiger partial charge on any atom is 0.174 e. The molecule has 0 saturated carbocycles. The van der Waals surface area contributed by atoms with Crippen LogP contribution in [-0.2, 0) is 0 Å². The third kappa shape index (κ3) is 5.80. The highest BCUT2D eigenvalue weighted by Gasteiger charge is 2.28. The maximum atomic E-state index is 9.75. The summed E-state index contributed by atoms with van der Waals surface area (Å²) in [5.41, 5.74) is 1.87. The molecule has 1 fully saturated rings. The van der Waals surface area contributed by atoms with Crippen molar-refractivity contribution in [1.29, 1.82) is 0 Å². The first-order valence-electron chi connectivity index (χ1n) is 9.15. The molecule has 2 aromatic rings. The number of nitrogens with zero attached hydrogens (tertiary/aromatic N) is 1. The molecule has 7 heteroatoms. The number of anilines is 1. The van der Waals surface area contributed by atoms with Crippen LogP contribution in [0.3, 0.4) is 0 Å². The van der Waals surface area contributed by atoms with E-state index in [2.05, 4.69) is 34.2 Å². The molecule has 0 amide bonds. The Morgan fingerprint density at radius 1 is 1.31 bits per heavy atom. The highest BCUT2D eigenvalue weighted by Crippen LogP contribution is 2.38. The summed E-state index contributed by atoms with van der Waals surface area (Å²) in [5, 5.41) is 14.4. The molecule has 1 saturated heterocycles. The Balaban J connectivity index is 1.71. The lowest BCUT2D eigenvalue weighted by Gasteiger charge is -2.27. The molecular weight excluding hydrogens is 424 g/mol. The van der Waals surface area contributed by atoms with Gasteiger partial charge in [0.1, 0.15) is 16.7 Å². The predicted octanol–water partition coefficient (Wildman–Crippen LogP) is 4.92. The molecule has 1 aliphatic rings. The van der Waals surface area contributed by atoms with E-state index in [9.17, 15) is 5.11 Å². The van der Waals surface area contributed by atoms with Crippen LogP contribution < -0.4 is 10.1 Å². The number of aliphatic hydroxyl groups is 1. The number of hydrogen-bond donors (Lipinski definition) is 2. The lowest BCUT2D eigenvalue weighted by molar-refractivity contribution is 0.143. The van der Waals surface area contributed by atoms with Crippen molar-refractivity contribution in [2.75, 3.05) is 24.7 Å².